The van der Waals surface area contributed by atoms with Crippen LogP contribution in [0.3, 0.4) is 0 Å². The highest BCUT2D eigenvalue weighted by Gasteiger charge is 2.23. The number of aromatic nitrogens is 4. The lowest BCUT2D eigenvalue weighted by atomic mass is 10.3. The number of fused-ring (bicyclic) bond motifs is 1. The molecule has 0 aliphatic rings. The third kappa shape index (κ3) is 1.69. The lowest BCUT2D eigenvalue weighted by Crippen LogP contribution is -2.21. The monoisotopic (exact) mass is 253 g/mol. The third-order valence-corrected chi connectivity index (χ3v) is 2.09. The summed E-state index contributed by atoms with van der Waals surface area (Å²) in [6.45, 7) is 1.77. The number of nitrogens with one attached hydrogen (secondary N) is 1. The Morgan fingerprint density at radius 2 is 2.33 bits per heavy atom. The van der Waals surface area contributed by atoms with Crippen LogP contribution in [-0.4, -0.2) is 37.3 Å². The quantitative estimate of drug-likeness (QED) is 0.443. The Balaban J connectivity index is 2.63. The Morgan fingerprint density at radius 3 is 2.94 bits per heavy atom. The summed E-state index contributed by atoms with van der Waals surface area (Å²) in [5.74, 6) is -1.62. The Morgan fingerprint density at radius 1 is 1.61 bits per heavy atom. The maximum absolute atomic E-state index is 11.6. The number of esters is 1. The summed E-state index contributed by atoms with van der Waals surface area (Å²) in [4.78, 5) is 32.6. The van der Waals surface area contributed by atoms with Gasteiger partial charge in [-0.05, 0) is 16.9 Å². The van der Waals surface area contributed by atoms with Gasteiger partial charge in [0, 0.05) is 6.20 Å². The highest BCUT2D eigenvalue weighted by atomic mass is 16.6. The smallest absolute Gasteiger partial charge is 0.458 e. The molecule has 94 valence electrons. The van der Waals surface area contributed by atoms with Crippen molar-refractivity contribution in [1.82, 2.24) is 19.8 Å². The van der Waals surface area contributed by atoms with Crippen molar-refractivity contribution in [3.8, 4) is 0 Å². The van der Waals surface area contributed by atoms with Crippen LogP contribution in [-0.2, 0) is 4.74 Å². The van der Waals surface area contributed by atoms with Crippen LogP contribution in [0.1, 0.15) is 17.3 Å². The summed E-state index contributed by atoms with van der Waals surface area (Å²) < 4.78 is 5.50. The van der Waals surface area contributed by atoms with Crippen molar-refractivity contribution >= 4 is 17.4 Å². The molecule has 0 atom stereocenters. The lowest BCUT2D eigenvalue weighted by molar-refractivity contribution is -0.391. The van der Waals surface area contributed by atoms with Crippen molar-refractivity contribution in [3.05, 3.63) is 32.2 Å². The molecule has 0 unspecified atom stereocenters. The van der Waals surface area contributed by atoms with E-state index in [1.165, 1.54) is 6.20 Å². The van der Waals surface area contributed by atoms with Crippen molar-refractivity contribution in [2.75, 3.05) is 6.61 Å². The van der Waals surface area contributed by atoms with Crippen molar-refractivity contribution in [1.29, 1.82) is 0 Å². The molecule has 2 heterocycles. The standard InChI is InChI=1S/C8H7N5O5/c1-2-18-8(15)4-3-9-12-5(4)10-11-6(7(12)14)13(16)17/h3,9H,2H2,1H3. The highest BCUT2D eigenvalue weighted by molar-refractivity contribution is 5.95. The predicted molar refractivity (Wildman–Crippen MR) is 56.2 cm³/mol. The minimum Gasteiger partial charge on any atom is -0.462 e. The third-order valence-electron chi connectivity index (χ3n) is 2.09. The number of carbonyl (C=O) groups is 1. The van der Waals surface area contributed by atoms with E-state index in [1.54, 1.807) is 6.92 Å². The number of aromatic amines is 1. The molecule has 0 saturated carbocycles. The fourth-order valence-electron chi connectivity index (χ4n) is 1.34. The second-order valence-corrected chi connectivity index (χ2v) is 3.15. The molecule has 2 aromatic heterocycles. The summed E-state index contributed by atoms with van der Waals surface area (Å²) in [6, 6.07) is 0. The molecule has 0 radical (unpaired) electrons. The van der Waals surface area contributed by atoms with Crippen LogP contribution in [0.4, 0.5) is 5.82 Å². The number of hydrogen-bond donors (Lipinski definition) is 1. The van der Waals surface area contributed by atoms with Gasteiger partial charge in [0.15, 0.2) is 0 Å². The largest absolute Gasteiger partial charge is 0.462 e. The molecule has 1 N–H and O–H groups in total. The summed E-state index contributed by atoms with van der Waals surface area (Å²) >= 11 is 0. The van der Waals surface area contributed by atoms with Crippen LogP contribution in [0.2, 0.25) is 0 Å². The normalized spacial score (nSPS) is 10.5. The van der Waals surface area contributed by atoms with Gasteiger partial charge in [0.05, 0.1) is 11.7 Å². The summed E-state index contributed by atoms with van der Waals surface area (Å²) in [5, 5.41) is 19.5. The van der Waals surface area contributed by atoms with Crippen LogP contribution in [0.25, 0.3) is 5.65 Å². The zero-order chi connectivity index (χ0) is 13.3. The average molecular weight is 253 g/mol. The van der Waals surface area contributed by atoms with Gasteiger partial charge in [0.2, 0.25) is 5.65 Å². The SMILES string of the molecule is CCOC(=O)c1c[nH]n2c(=O)c([N+](=O)[O-])nnc12. The molecule has 10 nitrogen and oxygen atoms in total. The number of carbonyl (C=O) groups excluding carboxylic acids is 1. The zero-order valence-electron chi connectivity index (χ0n) is 9.11. The van der Waals surface area contributed by atoms with E-state index < -0.39 is 22.3 Å². The average Bonchev–Trinajstić information content (AvgIpc) is 2.74. The molecule has 0 spiro atoms. The van der Waals surface area contributed by atoms with E-state index in [-0.39, 0.29) is 17.8 Å². The van der Waals surface area contributed by atoms with Gasteiger partial charge in [-0.2, -0.15) is 4.52 Å². The van der Waals surface area contributed by atoms with Gasteiger partial charge < -0.3 is 14.9 Å². The van der Waals surface area contributed by atoms with E-state index in [4.69, 9.17) is 4.74 Å². The second-order valence-electron chi connectivity index (χ2n) is 3.15. The van der Waals surface area contributed by atoms with Gasteiger partial charge in [-0.15, -0.1) is 0 Å². The van der Waals surface area contributed by atoms with Crippen LogP contribution >= 0.6 is 0 Å². The van der Waals surface area contributed by atoms with Crippen molar-refractivity contribution < 1.29 is 14.5 Å². The number of nitro groups is 1. The van der Waals surface area contributed by atoms with Gasteiger partial charge in [-0.3, -0.25) is 9.89 Å². The van der Waals surface area contributed by atoms with Gasteiger partial charge in [0.25, 0.3) is 0 Å². The first kappa shape index (κ1) is 11.7. The number of hydrogen-bond acceptors (Lipinski definition) is 7. The van der Waals surface area contributed by atoms with Gasteiger partial charge >= 0.3 is 17.3 Å². The van der Waals surface area contributed by atoms with E-state index in [2.05, 4.69) is 15.3 Å². The molecule has 0 aliphatic heterocycles. The molecule has 0 bridgehead atoms. The fraction of sp³-hybridized carbons (Fsp3) is 0.250. The first-order chi connectivity index (χ1) is 8.56. The highest BCUT2D eigenvalue weighted by Crippen LogP contribution is 2.08. The van der Waals surface area contributed by atoms with Gasteiger partial charge in [-0.25, -0.2) is 4.79 Å². The molecule has 10 heteroatoms. The number of ether oxygens (including phenoxy) is 1. The molecular formula is C8H7N5O5. The van der Waals surface area contributed by atoms with Crippen LogP contribution in [0.15, 0.2) is 11.0 Å². The van der Waals surface area contributed by atoms with Gasteiger partial charge in [0.1, 0.15) is 5.56 Å². The molecule has 2 rings (SSSR count). The summed E-state index contributed by atoms with van der Waals surface area (Å²) in [7, 11) is 0. The van der Waals surface area contributed by atoms with Crippen LogP contribution in [0.5, 0.6) is 0 Å². The van der Waals surface area contributed by atoms with Crippen molar-refractivity contribution in [3.63, 3.8) is 0 Å². The molecular weight excluding hydrogens is 246 g/mol. The van der Waals surface area contributed by atoms with E-state index in [0.717, 1.165) is 4.52 Å². The van der Waals surface area contributed by atoms with E-state index in [9.17, 15) is 19.7 Å². The van der Waals surface area contributed by atoms with E-state index in [1.807, 2.05) is 0 Å². The Bertz CT molecular complexity index is 687. The minimum absolute atomic E-state index is 0.0173. The molecule has 0 amide bonds. The number of nitrogens with zero attached hydrogens (tertiary/aromatic N) is 4. The minimum atomic E-state index is -0.999. The maximum atomic E-state index is 11.6. The number of H-pyrrole nitrogens is 1. The molecule has 2 aromatic rings. The first-order valence-corrected chi connectivity index (χ1v) is 4.84. The molecule has 0 aromatic carbocycles. The maximum Gasteiger partial charge on any atom is 0.458 e. The van der Waals surface area contributed by atoms with E-state index >= 15 is 0 Å². The summed E-state index contributed by atoms with van der Waals surface area (Å²) in [5.41, 5.74) is -1.14. The van der Waals surface area contributed by atoms with E-state index in [0.29, 0.717) is 0 Å². The molecule has 18 heavy (non-hydrogen) atoms. The second kappa shape index (κ2) is 4.24. The van der Waals surface area contributed by atoms with Crippen molar-refractivity contribution in [2.24, 2.45) is 0 Å². The summed E-state index contributed by atoms with van der Waals surface area (Å²) in [6.07, 6.45) is 1.17. The predicted octanol–water partition coefficient (Wildman–Crippen LogP) is -0.497. The molecule has 0 fully saturated rings. The Hall–Kier alpha value is -2.78. The first-order valence-electron chi connectivity index (χ1n) is 4.84. The van der Waals surface area contributed by atoms with Crippen LogP contribution < -0.4 is 5.56 Å². The fourth-order valence-corrected chi connectivity index (χ4v) is 1.34. The molecule has 0 saturated heterocycles. The zero-order valence-corrected chi connectivity index (χ0v) is 9.11. The number of rotatable bonds is 3. The van der Waals surface area contributed by atoms with Gasteiger partial charge in [-0.1, -0.05) is 0 Å². The Labute approximate surface area is 98.3 Å². The Kier molecular flexibility index (Phi) is 2.75. The van der Waals surface area contributed by atoms with Crippen molar-refractivity contribution in [2.45, 2.75) is 6.92 Å². The van der Waals surface area contributed by atoms with Crippen LogP contribution in [0, 0.1) is 10.1 Å². The topological polar surface area (TPSA) is 132 Å². The molecule has 0 aliphatic carbocycles. The lowest BCUT2D eigenvalue weighted by Gasteiger charge is -1.97.